The number of ether oxygens (including phenoxy) is 4. The van der Waals surface area contributed by atoms with Crippen LogP contribution in [0.4, 0.5) is 0 Å². The molecule has 0 aliphatic carbocycles. The van der Waals surface area contributed by atoms with E-state index in [2.05, 4.69) is 0 Å². The van der Waals surface area contributed by atoms with E-state index in [1.807, 2.05) is 110 Å². The van der Waals surface area contributed by atoms with E-state index in [-0.39, 0.29) is 32.8 Å². The van der Waals surface area contributed by atoms with Crippen LogP contribution in [-0.2, 0) is 28.5 Å². The van der Waals surface area contributed by atoms with Crippen molar-refractivity contribution in [3.63, 3.8) is 0 Å². The Hall–Kier alpha value is -3.94. The smallest absolute Gasteiger partial charge is 0.369 e. The molecule has 3 aromatic rings. The van der Waals surface area contributed by atoms with E-state index < -0.39 is 29.8 Å². The van der Waals surface area contributed by atoms with Crippen LogP contribution >= 0.6 is 0 Å². The Morgan fingerprint density at radius 2 is 1.22 bits per heavy atom. The Balaban J connectivity index is 2.07. The minimum atomic E-state index is -1.81. The topological polar surface area (TPSA) is 74.3 Å². The molecule has 0 N–H and O–H groups in total. The van der Waals surface area contributed by atoms with Gasteiger partial charge in [0.15, 0.2) is 0 Å². The third kappa shape index (κ3) is 6.21. The predicted molar refractivity (Wildman–Crippen MR) is 158 cm³/mol. The van der Waals surface area contributed by atoms with E-state index in [0.717, 1.165) is 22.3 Å². The zero-order valence-electron chi connectivity index (χ0n) is 24.2. The van der Waals surface area contributed by atoms with Gasteiger partial charge in [0.1, 0.15) is 5.70 Å². The van der Waals surface area contributed by atoms with E-state index in [1.165, 1.54) is 0 Å². The molecule has 1 atom stereocenters. The summed E-state index contributed by atoms with van der Waals surface area (Å²) in [5.41, 5.74) is 3.85. The second kappa shape index (κ2) is 14.1. The molecular formula is C34H39NO6. The minimum absolute atomic E-state index is 0.151. The van der Waals surface area contributed by atoms with Crippen LogP contribution in [0.1, 0.15) is 56.8 Å². The maximum absolute atomic E-state index is 14.0. The first-order chi connectivity index (χ1) is 20.0. The summed E-state index contributed by atoms with van der Waals surface area (Å²) in [4.78, 5) is 29.8. The van der Waals surface area contributed by atoms with Crippen LogP contribution in [0.3, 0.4) is 0 Å². The van der Waals surface area contributed by atoms with Gasteiger partial charge in [-0.2, -0.15) is 0 Å². The summed E-state index contributed by atoms with van der Waals surface area (Å²) in [5, 5.41) is 0. The van der Waals surface area contributed by atoms with Crippen LogP contribution in [0.5, 0.6) is 0 Å². The van der Waals surface area contributed by atoms with Gasteiger partial charge in [-0.3, -0.25) is 0 Å². The molecule has 4 rings (SSSR count). The summed E-state index contributed by atoms with van der Waals surface area (Å²) < 4.78 is 23.8. The van der Waals surface area contributed by atoms with Crippen molar-refractivity contribution in [1.82, 2.24) is 4.90 Å². The van der Waals surface area contributed by atoms with Gasteiger partial charge < -0.3 is 23.8 Å². The molecule has 0 fully saturated rings. The molecule has 0 spiro atoms. The SMILES string of the molecule is CCOC(=O)C1=C(c2ccccc2)CC(C(OCC)(OCC)C(=O)OCC)N1C(c1ccccc1)c1ccccc1. The lowest BCUT2D eigenvalue weighted by molar-refractivity contribution is -0.266. The number of benzene rings is 3. The molecule has 0 bridgehead atoms. The van der Waals surface area contributed by atoms with Crippen molar-refractivity contribution in [2.45, 2.75) is 52.0 Å². The molecule has 0 radical (unpaired) electrons. The summed E-state index contributed by atoms with van der Waals surface area (Å²) >= 11 is 0. The Labute approximate surface area is 242 Å². The number of carbonyl (C=O) groups is 2. The van der Waals surface area contributed by atoms with E-state index in [9.17, 15) is 9.59 Å². The molecule has 1 aliphatic heterocycles. The van der Waals surface area contributed by atoms with E-state index in [4.69, 9.17) is 18.9 Å². The molecule has 216 valence electrons. The highest BCUT2D eigenvalue weighted by Gasteiger charge is 2.58. The number of nitrogens with zero attached hydrogens (tertiary/aromatic N) is 1. The van der Waals surface area contributed by atoms with E-state index in [1.54, 1.807) is 13.8 Å². The quantitative estimate of drug-likeness (QED) is 0.184. The molecule has 0 aromatic heterocycles. The van der Waals surface area contributed by atoms with E-state index >= 15 is 0 Å². The highest BCUT2D eigenvalue weighted by atomic mass is 16.7. The van der Waals surface area contributed by atoms with Gasteiger partial charge in [0, 0.05) is 19.6 Å². The number of esters is 2. The summed E-state index contributed by atoms with van der Waals surface area (Å²) in [6.07, 6.45) is 0.285. The zero-order valence-corrected chi connectivity index (χ0v) is 24.2. The van der Waals surface area contributed by atoms with Crippen molar-refractivity contribution >= 4 is 17.5 Å². The van der Waals surface area contributed by atoms with Gasteiger partial charge >= 0.3 is 11.9 Å². The highest BCUT2D eigenvalue weighted by Crippen LogP contribution is 2.48. The Bertz CT molecular complexity index is 1260. The van der Waals surface area contributed by atoms with Crippen molar-refractivity contribution in [2.24, 2.45) is 0 Å². The standard InChI is InChI=1S/C34H39NO6/c1-5-38-32(36)31-28(25-18-12-9-13-19-25)24-29(34(40-7-3,41-8-4)33(37)39-6-2)35(31)30(26-20-14-10-15-21-26)27-22-16-11-17-23-27/h9-23,29-30H,5-8,24H2,1-4H3. The number of carbonyl (C=O) groups excluding carboxylic acids is 2. The van der Waals surface area contributed by atoms with Crippen molar-refractivity contribution in [3.8, 4) is 0 Å². The molecule has 0 amide bonds. The van der Waals surface area contributed by atoms with Crippen LogP contribution in [0.25, 0.3) is 5.57 Å². The Morgan fingerprint density at radius 1 is 0.732 bits per heavy atom. The summed E-state index contributed by atoms with van der Waals surface area (Å²) in [6.45, 7) is 7.90. The fraction of sp³-hybridized carbons (Fsp3) is 0.353. The van der Waals surface area contributed by atoms with Gasteiger partial charge in [0.2, 0.25) is 0 Å². The monoisotopic (exact) mass is 557 g/mol. The van der Waals surface area contributed by atoms with Crippen LogP contribution in [0.2, 0.25) is 0 Å². The Kier molecular flexibility index (Phi) is 10.3. The largest absolute Gasteiger partial charge is 0.462 e. The lowest BCUT2D eigenvalue weighted by Gasteiger charge is -2.44. The van der Waals surface area contributed by atoms with Crippen molar-refractivity contribution in [1.29, 1.82) is 0 Å². The molecule has 3 aromatic carbocycles. The highest BCUT2D eigenvalue weighted by molar-refractivity contribution is 5.99. The van der Waals surface area contributed by atoms with Crippen molar-refractivity contribution in [3.05, 3.63) is 113 Å². The van der Waals surface area contributed by atoms with Crippen LogP contribution < -0.4 is 0 Å². The first-order valence-corrected chi connectivity index (χ1v) is 14.3. The number of hydrogen-bond donors (Lipinski definition) is 0. The second-order valence-electron chi connectivity index (χ2n) is 9.52. The fourth-order valence-corrected chi connectivity index (χ4v) is 5.58. The maximum atomic E-state index is 14.0. The molecule has 7 nitrogen and oxygen atoms in total. The number of rotatable bonds is 13. The molecular weight excluding hydrogens is 518 g/mol. The first kappa shape index (κ1) is 30.0. The lowest BCUT2D eigenvalue weighted by Crippen LogP contribution is -2.60. The van der Waals surface area contributed by atoms with Gasteiger partial charge in [-0.1, -0.05) is 91.0 Å². The second-order valence-corrected chi connectivity index (χ2v) is 9.52. The van der Waals surface area contributed by atoms with Crippen LogP contribution in [-0.4, -0.2) is 55.1 Å². The zero-order chi connectivity index (χ0) is 29.2. The summed E-state index contributed by atoms with van der Waals surface area (Å²) in [7, 11) is 0. The molecule has 1 unspecified atom stereocenters. The minimum Gasteiger partial charge on any atom is -0.462 e. The van der Waals surface area contributed by atoms with Gasteiger partial charge in [-0.15, -0.1) is 0 Å². The van der Waals surface area contributed by atoms with Gasteiger partial charge in [0.05, 0.1) is 25.3 Å². The van der Waals surface area contributed by atoms with Gasteiger partial charge in [-0.25, -0.2) is 9.59 Å². The molecule has 41 heavy (non-hydrogen) atoms. The normalized spacial score (nSPS) is 15.3. The van der Waals surface area contributed by atoms with Crippen molar-refractivity contribution in [2.75, 3.05) is 26.4 Å². The van der Waals surface area contributed by atoms with Gasteiger partial charge in [0.25, 0.3) is 5.79 Å². The maximum Gasteiger partial charge on any atom is 0.369 e. The summed E-state index contributed by atoms with van der Waals surface area (Å²) in [6, 6.07) is 28.3. The molecule has 0 saturated heterocycles. The average molecular weight is 558 g/mol. The lowest BCUT2D eigenvalue weighted by atomic mass is 9.92. The van der Waals surface area contributed by atoms with Crippen LogP contribution in [0.15, 0.2) is 96.7 Å². The average Bonchev–Trinajstić information content (AvgIpc) is 3.39. The van der Waals surface area contributed by atoms with Crippen molar-refractivity contribution < 1.29 is 28.5 Å². The van der Waals surface area contributed by atoms with E-state index in [0.29, 0.717) is 5.70 Å². The molecule has 7 heteroatoms. The third-order valence-corrected chi connectivity index (χ3v) is 7.09. The third-order valence-electron chi connectivity index (χ3n) is 7.09. The Morgan fingerprint density at radius 3 is 1.68 bits per heavy atom. The summed E-state index contributed by atoms with van der Waals surface area (Å²) in [5.74, 6) is -2.91. The number of hydrogen-bond acceptors (Lipinski definition) is 7. The first-order valence-electron chi connectivity index (χ1n) is 14.3. The molecule has 1 aliphatic rings. The predicted octanol–water partition coefficient (Wildman–Crippen LogP) is 6.16. The van der Waals surface area contributed by atoms with Gasteiger partial charge in [-0.05, 0) is 50.0 Å². The fourth-order valence-electron chi connectivity index (χ4n) is 5.58. The van der Waals surface area contributed by atoms with Crippen LogP contribution in [0, 0.1) is 0 Å². The molecule has 1 heterocycles. The molecule has 0 saturated carbocycles.